The molecule has 1 atom stereocenters. The second kappa shape index (κ2) is 11.5. The standard InChI is InChI=1S/C29H42N4O2/c1-5-7-23(2)22-32-14-12-29(13-15-32,25-8-6-9-26(20-25)35-4)27-11-10-24(21-30-27)28(34)33-18-16-31(3)17-19-33/h6,8-11,20-21,23H,5,7,12-19,22H2,1-4H3. The lowest BCUT2D eigenvalue weighted by Crippen LogP contribution is -2.47. The van der Waals surface area contributed by atoms with Crippen LogP contribution in [0.5, 0.6) is 5.75 Å². The molecule has 4 rings (SSSR count). The number of benzene rings is 1. The monoisotopic (exact) mass is 478 g/mol. The lowest BCUT2D eigenvalue weighted by atomic mass is 9.70. The molecule has 190 valence electrons. The van der Waals surface area contributed by atoms with Crippen molar-refractivity contribution < 1.29 is 9.53 Å². The van der Waals surface area contributed by atoms with Gasteiger partial charge in [-0.25, -0.2) is 0 Å². The molecule has 0 saturated carbocycles. The number of hydrogen-bond donors (Lipinski definition) is 0. The molecule has 35 heavy (non-hydrogen) atoms. The van der Waals surface area contributed by atoms with E-state index in [2.05, 4.69) is 55.0 Å². The van der Waals surface area contributed by atoms with Gasteiger partial charge in [0.25, 0.3) is 5.91 Å². The molecular weight excluding hydrogens is 436 g/mol. The molecule has 6 heteroatoms. The van der Waals surface area contributed by atoms with Gasteiger partial charge in [-0.15, -0.1) is 0 Å². The van der Waals surface area contributed by atoms with Gasteiger partial charge in [-0.05, 0) is 75.1 Å². The van der Waals surface area contributed by atoms with Crippen LogP contribution in [-0.2, 0) is 5.41 Å². The van der Waals surface area contributed by atoms with E-state index in [4.69, 9.17) is 9.72 Å². The zero-order valence-electron chi connectivity index (χ0n) is 22.0. The number of likely N-dealkylation sites (N-methyl/N-ethyl adjacent to an activating group) is 1. The van der Waals surface area contributed by atoms with E-state index in [0.29, 0.717) is 5.56 Å². The van der Waals surface area contributed by atoms with E-state index in [0.717, 1.165) is 76.0 Å². The van der Waals surface area contributed by atoms with Crippen molar-refractivity contribution in [3.63, 3.8) is 0 Å². The number of hydrogen-bond acceptors (Lipinski definition) is 5. The third-order valence-corrected chi connectivity index (χ3v) is 7.97. The number of rotatable bonds is 8. The Morgan fingerprint density at radius 2 is 1.83 bits per heavy atom. The van der Waals surface area contributed by atoms with Crippen molar-refractivity contribution in [2.45, 2.75) is 44.9 Å². The van der Waals surface area contributed by atoms with Crippen molar-refractivity contribution in [2.24, 2.45) is 5.92 Å². The first-order chi connectivity index (χ1) is 16.9. The Balaban J connectivity index is 1.57. The number of ether oxygens (including phenoxy) is 1. The van der Waals surface area contributed by atoms with Gasteiger partial charge in [0.2, 0.25) is 0 Å². The summed E-state index contributed by atoms with van der Waals surface area (Å²) in [5.74, 6) is 1.69. The number of methoxy groups -OCH3 is 1. The van der Waals surface area contributed by atoms with Crippen LogP contribution in [0.25, 0.3) is 0 Å². The van der Waals surface area contributed by atoms with E-state index in [1.165, 1.54) is 18.4 Å². The highest BCUT2D eigenvalue weighted by Crippen LogP contribution is 2.42. The summed E-state index contributed by atoms with van der Waals surface area (Å²) >= 11 is 0. The first-order valence-corrected chi connectivity index (χ1v) is 13.3. The second-order valence-electron chi connectivity index (χ2n) is 10.5. The Labute approximate surface area is 211 Å². The molecule has 1 amide bonds. The molecule has 2 fully saturated rings. The van der Waals surface area contributed by atoms with Crippen LogP contribution < -0.4 is 4.74 Å². The predicted octanol–water partition coefficient (Wildman–Crippen LogP) is 4.30. The van der Waals surface area contributed by atoms with Gasteiger partial charge in [-0.3, -0.25) is 9.78 Å². The first kappa shape index (κ1) is 25.6. The van der Waals surface area contributed by atoms with Crippen LogP contribution in [0, 0.1) is 5.92 Å². The summed E-state index contributed by atoms with van der Waals surface area (Å²) in [5.41, 5.74) is 2.82. The minimum absolute atomic E-state index is 0.0901. The summed E-state index contributed by atoms with van der Waals surface area (Å²) < 4.78 is 5.57. The van der Waals surface area contributed by atoms with Gasteiger partial charge >= 0.3 is 0 Å². The van der Waals surface area contributed by atoms with Crippen LogP contribution in [0.15, 0.2) is 42.6 Å². The summed E-state index contributed by atoms with van der Waals surface area (Å²) in [4.78, 5) is 24.8. The molecular formula is C29H42N4O2. The third kappa shape index (κ3) is 5.87. The Hall–Kier alpha value is -2.44. The fraction of sp³-hybridized carbons (Fsp3) is 0.586. The maximum absolute atomic E-state index is 13.1. The normalized spacial score (nSPS) is 19.9. The van der Waals surface area contributed by atoms with E-state index in [9.17, 15) is 4.79 Å². The summed E-state index contributed by atoms with van der Waals surface area (Å²) in [6, 6.07) is 12.5. The summed E-state index contributed by atoms with van der Waals surface area (Å²) in [6.45, 7) is 11.3. The van der Waals surface area contributed by atoms with E-state index < -0.39 is 0 Å². The molecule has 2 aromatic rings. The Morgan fingerprint density at radius 3 is 2.46 bits per heavy atom. The summed E-state index contributed by atoms with van der Waals surface area (Å²) in [5, 5.41) is 0. The van der Waals surface area contributed by atoms with Crippen molar-refractivity contribution in [3.8, 4) is 5.75 Å². The van der Waals surface area contributed by atoms with Crippen molar-refractivity contribution in [1.29, 1.82) is 0 Å². The van der Waals surface area contributed by atoms with Gasteiger partial charge in [0, 0.05) is 44.3 Å². The van der Waals surface area contributed by atoms with Gasteiger partial charge in [0.15, 0.2) is 0 Å². The highest BCUT2D eigenvalue weighted by molar-refractivity contribution is 5.94. The molecule has 2 aliphatic rings. The quantitative estimate of drug-likeness (QED) is 0.566. The lowest BCUT2D eigenvalue weighted by Gasteiger charge is -2.43. The summed E-state index contributed by atoms with van der Waals surface area (Å²) in [7, 11) is 3.83. The predicted molar refractivity (Wildman–Crippen MR) is 141 cm³/mol. The highest BCUT2D eigenvalue weighted by atomic mass is 16.5. The molecule has 0 radical (unpaired) electrons. The fourth-order valence-electron chi connectivity index (χ4n) is 5.75. The van der Waals surface area contributed by atoms with Crippen molar-refractivity contribution in [2.75, 3.05) is 60.0 Å². The zero-order chi connectivity index (χ0) is 24.8. The number of carbonyl (C=O) groups is 1. The van der Waals surface area contributed by atoms with E-state index in [-0.39, 0.29) is 11.3 Å². The highest BCUT2D eigenvalue weighted by Gasteiger charge is 2.39. The molecule has 0 aliphatic carbocycles. The number of amides is 1. The van der Waals surface area contributed by atoms with Crippen LogP contribution in [-0.4, -0.2) is 85.6 Å². The van der Waals surface area contributed by atoms with Crippen LogP contribution in [0.2, 0.25) is 0 Å². The Morgan fingerprint density at radius 1 is 1.09 bits per heavy atom. The lowest BCUT2D eigenvalue weighted by molar-refractivity contribution is 0.0663. The molecule has 2 aliphatic heterocycles. The molecule has 0 bridgehead atoms. The Kier molecular flexibility index (Phi) is 8.45. The number of piperidine rings is 1. The van der Waals surface area contributed by atoms with Gasteiger partial charge < -0.3 is 19.4 Å². The number of pyridine rings is 1. The van der Waals surface area contributed by atoms with Crippen LogP contribution >= 0.6 is 0 Å². The van der Waals surface area contributed by atoms with Gasteiger partial charge in [-0.2, -0.15) is 0 Å². The van der Waals surface area contributed by atoms with E-state index >= 15 is 0 Å². The molecule has 2 saturated heterocycles. The zero-order valence-corrected chi connectivity index (χ0v) is 22.0. The van der Waals surface area contributed by atoms with Crippen molar-refractivity contribution in [1.82, 2.24) is 19.7 Å². The molecule has 1 unspecified atom stereocenters. The van der Waals surface area contributed by atoms with Crippen LogP contribution in [0.3, 0.4) is 0 Å². The SMILES string of the molecule is CCCC(C)CN1CCC(c2cccc(OC)c2)(c2ccc(C(=O)N3CCN(C)CC3)cn2)CC1. The number of piperazine rings is 1. The molecule has 6 nitrogen and oxygen atoms in total. The maximum Gasteiger partial charge on any atom is 0.255 e. The molecule has 1 aromatic heterocycles. The van der Waals surface area contributed by atoms with Gasteiger partial charge in [0.1, 0.15) is 5.75 Å². The fourth-order valence-corrected chi connectivity index (χ4v) is 5.75. The van der Waals surface area contributed by atoms with E-state index in [1.54, 1.807) is 13.3 Å². The average molecular weight is 479 g/mol. The minimum atomic E-state index is -0.172. The average Bonchev–Trinajstić information content (AvgIpc) is 2.89. The number of nitrogens with zero attached hydrogens (tertiary/aromatic N) is 4. The van der Waals surface area contributed by atoms with Crippen molar-refractivity contribution >= 4 is 5.91 Å². The molecule has 0 spiro atoms. The second-order valence-corrected chi connectivity index (χ2v) is 10.5. The number of carbonyl (C=O) groups excluding carboxylic acids is 1. The smallest absolute Gasteiger partial charge is 0.255 e. The number of likely N-dealkylation sites (tertiary alicyclic amines) is 1. The van der Waals surface area contributed by atoms with Crippen molar-refractivity contribution in [3.05, 3.63) is 59.4 Å². The molecule has 1 aromatic carbocycles. The Bertz CT molecular complexity index is 961. The minimum Gasteiger partial charge on any atom is -0.497 e. The molecule has 3 heterocycles. The molecule has 0 N–H and O–H groups in total. The topological polar surface area (TPSA) is 48.9 Å². The van der Waals surface area contributed by atoms with E-state index in [1.807, 2.05) is 17.0 Å². The number of aromatic nitrogens is 1. The maximum atomic E-state index is 13.1. The van der Waals surface area contributed by atoms with Gasteiger partial charge in [-0.1, -0.05) is 32.4 Å². The first-order valence-electron chi connectivity index (χ1n) is 13.3. The largest absolute Gasteiger partial charge is 0.497 e. The third-order valence-electron chi connectivity index (χ3n) is 7.97. The van der Waals surface area contributed by atoms with Gasteiger partial charge in [0.05, 0.1) is 18.4 Å². The van der Waals surface area contributed by atoms with Crippen LogP contribution in [0.1, 0.15) is 61.1 Å². The summed E-state index contributed by atoms with van der Waals surface area (Å²) in [6.07, 6.45) is 6.34. The van der Waals surface area contributed by atoms with Crippen LogP contribution in [0.4, 0.5) is 0 Å².